The van der Waals surface area contributed by atoms with E-state index in [9.17, 15) is 26.4 Å². The van der Waals surface area contributed by atoms with E-state index in [1.54, 1.807) is 89.1 Å². The van der Waals surface area contributed by atoms with Crippen LogP contribution in [0.1, 0.15) is 47.9 Å². The van der Waals surface area contributed by atoms with E-state index in [4.69, 9.17) is 18.9 Å². The van der Waals surface area contributed by atoms with E-state index in [1.807, 2.05) is 48.5 Å². The molecule has 0 spiro atoms. The van der Waals surface area contributed by atoms with Gasteiger partial charge in [0.25, 0.3) is 0 Å². The van der Waals surface area contributed by atoms with Crippen molar-refractivity contribution in [3.05, 3.63) is 145 Å². The quantitative estimate of drug-likeness (QED) is 0.0528. The van der Waals surface area contributed by atoms with Gasteiger partial charge in [-0.1, -0.05) is 60.7 Å². The molecule has 0 aromatic heterocycles. The zero-order valence-electron chi connectivity index (χ0n) is 33.6. The standard InChI is InChI=1S/2C22H27NO5S/c2*1-4-5-6-22(17-24)29(25,26)23(15-18-7-11-20(27-2)12-8-18)16-19-9-13-21(28-3)14-10-19/h2*4,7-14,17,22H,1,5-6,15-16H2,2-3H3/t2*22-/m10/s1. The first-order valence-electron chi connectivity index (χ1n) is 18.5. The van der Waals surface area contributed by atoms with Crippen molar-refractivity contribution in [2.75, 3.05) is 28.4 Å². The van der Waals surface area contributed by atoms with Crippen LogP contribution in [-0.2, 0) is 55.8 Å². The first kappa shape index (κ1) is 47.1. The molecule has 0 aliphatic carbocycles. The Morgan fingerprint density at radius 2 is 0.690 bits per heavy atom. The number of ether oxygens (including phenoxy) is 4. The van der Waals surface area contributed by atoms with Gasteiger partial charge in [-0.2, -0.15) is 8.61 Å². The number of allylic oxidation sites excluding steroid dienone is 2. The van der Waals surface area contributed by atoms with Gasteiger partial charge >= 0.3 is 0 Å². The summed E-state index contributed by atoms with van der Waals surface area (Å²) < 4.78 is 76.3. The van der Waals surface area contributed by atoms with Crippen LogP contribution in [0.25, 0.3) is 0 Å². The highest BCUT2D eigenvalue weighted by Gasteiger charge is 2.33. The van der Waals surface area contributed by atoms with Crippen LogP contribution in [-0.4, -0.2) is 77.0 Å². The van der Waals surface area contributed by atoms with Crippen molar-refractivity contribution in [2.45, 2.75) is 62.4 Å². The van der Waals surface area contributed by atoms with Crippen LogP contribution < -0.4 is 18.9 Å². The van der Waals surface area contributed by atoms with Gasteiger partial charge in [0.2, 0.25) is 20.0 Å². The van der Waals surface area contributed by atoms with Gasteiger partial charge in [-0.3, -0.25) is 0 Å². The molecule has 14 heteroatoms. The maximum atomic E-state index is 13.2. The molecule has 12 nitrogen and oxygen atoms in total. The highest BCUT2D eigenvalue weighted by molar-refractivity contribution is 7.90. The number of carbonyl (C=O) groups is 2. The molecule has 0 aliphatic heterocycles. The van der Waals surface area contributed by atoms with Crippen molar-refractivity contribution in [3.63, 3.8) is 0 Å². The highest BCUT2D eigenvalue weighted by atomic mass is 32.2. The lowest BCUT2D eigenvalue weighted by atomic mass is 10.2. The van der Waals surface area contributed by atoms with E-state index in [0.29, 0.717) is 48.4 Å². The van der Waals surface area contributed by atoms with Gasteiger partial charge in [-0.15, -0.1) is 13.2 Å². The number of hydrogen-bond donors (Lipinski definition) is 0. The molecule has 0 unspecified atom stereocenters. The van der Waals surface area contributed by atoms with Crippen molar-refractivity contribution in [1.29, 1.82) is 0 Å². The zero-order valence-corrected chi connectivity index (χ0v) is 35.2. The minimum atomic E-state index is -3.86. The zero-order chi connectivity index (χ0) is 42.6. The highest BCUT2D eigenvalue weighted by Crippen LogP contribution is 2.24. The first-order valence-corrected chi connectivity index (χ1v) is 21.5. The Morgan fingerprint density at radius 3 is 0.862 bits per heavy atom. The molecule has 58 heavy (non-hydrogen) atoms. The van der Waals surface area contributed by atoms with Crippen LogP contribution in [0.4, 0.5) is 0 Å². The number of benzene rings is 4. The molecule has 0 N–H and O–H groups in total. The van der Waals surface area contributed by atoms with E-state index in [0.717, 1.165) is 22.3 Å². The average Bonchev–Trinajstić information content (AvgIpc) is 3.24. The molecule has 312 valence electrons. The predicted octanol–water partition coefficient (Wildman–Crippen LogP) is 7.14. The van der Waals surface area contributed by atoms with Gasteiger partial charge in [0.05, 0.1) is 28.4 Å². The summed E-state index contributed by atoms with van der Waals surface area (Å²) in [7, 11) is -1.42. The molecule has 0 saturated heterocycles. The van der Waals surface area contributed by atoms with Crippen LogP contribution in [0.3, 0.4) is 0 Å². The third kappa shape index (κ3) is 14.0. The number of rotatable bonds is 24. The van der Waals surface area contributed by atoms with Crippen LogP contribution >= 0.6 is 0 Å². The molecular weight excluding hydrogens is 781 g/mol. The molecule has 0 radical (unpaired) electrons. The Balaban J connectivity index is 0.000000310. The van der Waals surface area contributed by atoms with Gasteiger partial charge < -0.3 is 28.5 Å². The Bertz CT molecular complexity index is 1840. The minimum Gasteiger partial charge on any atom is -0.497 e. The summed E-state index contributed by atoms with van der Waals surface area (Å²) in [5, 5.41) is -2.23. The van der Waals surface area contributed by atoms with Crippen LogP contribution in [0.15, 0.2) is 122 Å². The summed E-state index contributed by atoms with van der Waals surface area (Å²) in [6, 6.07) is 28.8. The lowest BCUT2D eigenvalue weighted by molar-refractivity contribution is -0.108. The smallest absolute Gasteiger partial charge is 0.224 e. The summed E-state index contributed by atoms with van der Waals surface area (Å²) in [5.41, 5.74) is 3.21. The molecule has 0 saturated carbocycles. The molecule has 4 rings (SSSR count). The molecule has 4 aromatic rings. The number of hydrogen-bond acceptors (Lipinski definition) is 10. The van der Waals surface area contributed by atoms with E-state index in [-0.39, 0.29) is 39.0 Å². The number of carbonyl (C=O) groups excluding carboxylic acids is 2. The third-order valence-corrected chi connectivity index (χ3v) is 13.4. The molecule has 0 amide bonds. The van der Waals surface area contributed by atoms with Gasteiger partial charge in [0, 0.05) is 26.2 Å². The molecule has 2 atom stereocenters. The first-order chi connectivity index (χ1) is 27.9. The Labute approximate surface area is 343 Å². The van der Waals surface area contributed by atoms with Gasteiger partial charge in [0.15, 0.2) is 0 Å². The fraction of sp³-hybridized carbons (Fsp3) is 0.318. The summed E-state index contributed by atoms with van der Waals surface area (Å²) in [6.07, 6.45) is 5.55. The summed E-state index contributed by atoms with van der Waals surface area (Å²) >= 11 is 0. The lowest BCUT2D eigenvalue weighted by Gasteiger charge is -2.25. The molecule has 0 bridgehead atoms. The molecule has 4 aromatic carbocycles. The summed E-state index contributed by atoms with van der Waals surface area (Å²) in [4.78, 5) is 23.1. The monoisotopic (exact) mass is 834 g/mol. The normalized spacial score (nSPS) is 12.4. The fourth-order valence-electron chi connectivity index (χ4n) is 5.73. The molecule has 0 fully saturated rings. The molecule has 0 heterocycles. The van der Waals surface area contributed by atoms with Gasteiger partial charge in [0.1, 0.15) is 46.1 Å². The lowest BCUT2D eigenvalue weighted by Crippen LogP contribution is -2.38. The number of sulfonamides is 2. The minimum absolute atomic E-state index is 0.150. The number of aldehydes is 2. The van der Waals surface area contributed by atoms with E-state index in [2.05, 4.69) is 13.2 Å². The Hall–Kier alpha value is -5.28. The topological polar surface area (TPSA) is 146 Å². The second-order valence-electron chi connectivity index (χ2n) is 13.1. The van der Waals surface area contributed by atoms with Crippen molar-refractivity contribution in [1.82, 2.24) is 8.61 Å². The predicted molar refractivity (Wildman–Crippen MR) is 227 cm³/mol. The van der Waals surface area contributed by atoms with E-state index < -0.39 is 30.5 Å². The van der Waals surface area contributed by atoms with Crippen molar-refractivity contribution < 1.29 is 45.4 Å². The maximum Gasteiger partial charge on any atom is 0.224 e. The average molecular weight is 835 g/mol. The van der Waals surface area contributed by atoms with Crippen LogP contribution in [0.5, 0.6) is 23.0 Å². The second kappa shape index (κ2) is 23.8. The number of nitrogens with zero attached hydrogens (tertiary/aromatic N) is 2. The number of methoxy groups -OCH3 is 4. The van der Waals surface area contributed by atoms with E-state index in [1.165, 1.54) is 8.61 Å². The molecular formula is C44H54N2O10S2. The van der Waals surface area contributed by atoms with E-state index >= 15 is 0 Å². The fourth-order valence-corrected chi connectivity index (χ4v) is 8.96. The second-order valence-corrected chi connectivity index (χ2v) is 17.4. The largest absolute Gasteiger partial charge is 0.497 e. The van der Waals surface area contributed by atoms with Crippen molar-refractivity contribution in [3.8, 4) is 23.0 Å². The summed E-state index contributed by atoms with van der Waals surface area (Å²) in [6.45, 7) is 7.83. The van der Waals surface area contributed by atoms with Crippen molar-refractivity contribution >= 4 is 32.6 Å². The third-order valence-electron chi connectivity index (χ3n) is 9.17. The van der Waals surface area contributed by atoms with Gasteiger partial charge in [-0.05, 0) is 96.5 Å². The Morgan fingerprint density at radius 1 is 0.466 bits per heavy atom. The van der Waals surface area contributed by atoms with Crippen molar-refractivity contribution in [2.24, 2.45) is 0 Å². The summed E-state index contributed by atoms with van der Waals surface area (Å²) in [5.74, 6) is 2.76. The molecule has 0 aliphatic rings. The SMILES string of the molecule is C=CCC[C@@H](C=O)S(=O)(=O)N(Cc1ccc(OC)cc1)Cc1ccc(OC)cc1.C=CCC[C@H](C=O)S(=O)(=O)N(Cc1ccc(OC)cc1)Cc1ccc(OC)cc1. The Kier molecular flexibility index (Phi) is 19.4. The van der Waals surface area contributed by atoms with Gasteiger partial charge in [-0.25, -0.2) is 16.8 Å². The maximum absolute atomic E-state index is 13.2. The van der Waals surface area contributed by atoms with Crippen LogP contribution in [0.2, 0.25) is 0 Å². The van der Waals surface area contributed by atoms with Crippen LogP contribution in [0, 0.1) is 0 Å².